The number of hydrogen-bond acceptors (Lipinski definition) is 6. The summed E-state index contributed by atoms with van der Waals surface area (Å²) in [5.74, 6) is -1.87. The molecule has 0 N–H and O–H groups in total. The SMILES string of the molecule is CC(C)n1cc(C(=O)Cc2ccc(Oc3ccnc(-c4cnn(C)c4)c3)c(F)c2)c(=O)n(-c2ccccc2F)c1=O. The molecule has 5 aromatic rings. The molecule has 0 atom stereocenters. The van der Waals surface area contributed by atoms with Crippen molar-refractivity contribution in [2.75, 3.05) is 0 Å². The highest BCUT2D eigenvalue weighted by Gasteiger charge is 2.22. The summed E-state index contributed by atoms with van der Waals surface area (Å²) < 4.78 is 38.8. The van der Waals surface area contributed by atoms with Gasteiger partial charge in [0.1, 0.15) is 17.1 Å². The highest BCUT2D eigenvalue weighted by atomic mass is 19.1. The van der Waals surface area contributed by atoms with E-state index in [2.05, 4.69) is 10.1 Å². The fraction of sp³-hybridized carbons (Fsp3) is 0.167. The number of halogens is 2. The molecule has 0 bridgehead atoms. The van der Waals surface area contributed by atoms with Crippen molar-refractivity contribution >= 4 is 5.78 Å². The first-order valence-electron chi connectivity index (χ1n) is 12.7. The van der Waals surface area contributed by atoms with E-state index in [0.29, 0.717) is 16.0 Å². The third-order valence-electron chi connectivity index (χ3n) is 6.38. The molecule has 0 spiro atoms. The van der Waals surface area contributed by atoms with Gasteiger partial charge < -0.3 is 4.74 Å². The van der Waals surface area contributed by atoms with Crippen LogP contribution in [0.5, 0.6) is 11.5 Å². The number of ketones is 1. The molecule has 11 heteroatoms. The van der Waals surface area contributed by atoms with Crippen LogP contribution in [-0.4, -0.2) is 29.7 Å². The highest BCUT2D eigenvalue weighted by molar-refractivity contribution is 5.97. The molecule has 0 amide bonds. The first-order chi connectivity index (χ1) is 19.6. The van der Waals surface area contributed by atoms with Gasteiger partial charge in [0.15, 0.2) is 17.3 Å². The number of hydrogen-bond donors (Lipinski definition) is 0. The van der Waals surface area contributed by atoms with Gasteiger partial charge in [0.25, 0.3) is 5.56 Å². The maximum Gasteiger partial charge on any atom is 0.335 e. The summed E-state index contributed by atoms with van der Waals surface area (Å²) in [7, 11) is 1.78. The number of carbonyl (C=O) groups excluding carboxylic acids is 1. The maximum atomic E-state index is 15.0. The van der Waals surface area contributed by atoms with Crippen LogP contribution in [0.4, 0.5) is 8.78 Å². The molecule has 0 saturated carbocycles. The number of rotatable bonds is 8. The molecule has 5 rings (SSSR count). The van der Waals surface area contributed by atoms with Gasteiger partial charge >= 0.3 is 5.69 Å². The standard InChI is InChI=1S/C30H25F2N5O4/c1-18(2)36-17-22(29(39)37(30(36)40)26-7-5-4-6-23(26)31)27(38)13-19-8-9-28(24(32)12-19)41-21-10-11-33-25(14-21)20-15-34-35(3)16-20/h4-12,14-18H,13H2,1-3H3. The molecule has 0 radical (unpaired) electrons. The summed E-state index contributed by atoms with van der Waals surface area (Å²) in [5, 5.41) is 4.12. The molecule has 2 aromatic carbocycles. The van der Waals surface area contributed by atoms with Crippen molar-refractivity contribution in [3.8, 4) is 28.4 Å². The number of carbonyl (C=O) groups is 1. The van der Waals surface area contributed by atoms with Crippen LogP contribution in [0.15, 0.2) is 89.0 Å². The van der Waals surface area contributed by atoms with Crippen LogP contribution in [0.3, 0.4) is 0 Å². The third-order valence-corrected chi connectivity index (χ3v) is 6.38. The zero-order valence-electron chi connectivity index (χ0n) is 22.4. The minimum atomic E-state index is -0.954. The molecule has 3 aromatic heterocycles. The minimum absolute atomic E-state index is 0.0696. The Morgan fingerprint density at radius 2 is 1.78 bits per heavy atom. The molecule has 41 heavy (non-hydrogen) atoms. The second kappa shape index (κ2) is 11.1. The van der Waals surface area contributed by atoms with E-state index in [1.807, 2.05) is 0 Å². The van der Waals surface area contributed by atoms with Crippen molar-refractivity contribution < 1.29 is 18.3 Å². The van der Waals surface area contributed by atoms with Gasteiger partial charge in [0.2, 0.25) is 0 Å². The quantitative estimate of drug-likeness (QED) is 0.252. The van der Waals surface area contributed by atoms with Crippen LogP contribution < -0.4 is 16.0 Å². The lowest BCUT2D eigenvalue weighted by atomic mass is 10.0. The normalized spacial score (nSPS) is 11.2. The largest absolute Gasteiger partial charge is 0.454 e. The van der Waals surface area contributed by atoms with Crippen LogP contribution in [0.1, 0.15) is 35.8 Å². The summed E-state index contributed by atoms with van der Waals surface area (Å²) in [6, 6.07) is 12.2. The van der Waals surface area contributed by atoms with Crippen molar-refractivity contribution in [1.82, 2.24) is 23.9 Å². The lowest BCUT2D eigenvalue weighted by Crippen LogP contribution is -2.42. The fourth-order valence-corrected chi connectivity index (χ4v) is 4.31. The lowest BCUT2D eigenvalue weighted by Gasteiger charge is -2.15. The van der Waals surface area contributed by atoms with E-state index in [1.54, 1.807) is 50.1 Å². The topological polar surface area (TPSA) is 101 Å². The first-order valence-corrected chi connectivity index (χ1v) is 12.7. The van der Waals surface area contributed by atoms with Crippen LogP contribution in [0.25, 0.3) is 16.9 Å². The smallest absolute Gasteiger partial charge is 0.335 e. The molecule has 0 aliphatic rings. The van der Waals surface area contributed by atoms with Crippen LogP contribution in [0, 0.1) is 11.6 Å². The Kier molecular flexibility index (Phi) is 7.43. The molecular formula is C30H25F2N5O4. The average molecular weight is 558 g/mol. The molecule has 3 heterocycles. The number of pyridine rings is 1. The third kappa shape index (κ3) is 5.60. The zero-order valence-corrected chi connectivity index (χ0v) is 22.4. The molecule has 0 saturated heterocycles. The van der Waals surface area contributed by atoms with E-state index in [9.17, 15) is 18.8 Å². The molecular weight excluding hydrogens is 532 g/mol. The highest BCUT2D eigenvalue weighted by Crippen LogP contribution is 2.28. The molecule has 0 aliphatic carbocycles. The van der Waals surface area contributed by atoms with E-state index < -0.39 is 34.7 Å². The second-order valence-corrected chi connectivity index (χ2v) is 9.66. The number of Topliss-reactive ketones (excluding diaryl/α,β-unsaturated/α-hetero) is 1. The maximum absolute atomic E-state index is 15.0. The lowest BCUT2D eigenvalue weighted by molar-refractivity contribution is 0.0990. The number of aryl methyl sites for hydroxylation is 1. The van der Waals surface area contributed by atoms with E-state index in [4.69, 9.17) is 4.74 Å². The van der Waals surface area contributed by atoms with Crippen molar-refractivity contribution in [1.29, 1.82) is 0 Å². The minimum Gasteiger partial charge on any atom is -0.454 e. The predicted octanol–water partition coefficient (Wildman–Crippen LogP) is 4.87. The Hall–Kier alpha value is -5.19. The molecule has 0 fully saturated rings. The predicted molar refractivity (Wildman–Crippen MR) is 148 cm³/mol. The van der Waals surface area contributed by atoms with E-state index in [0.717, 1.165) is 17.7 Å². The second-order valence-electron chi connectivity index (χ2n) is 9.66. The summed E-state index contributed by atoms with van der Waals surface area (Å²) in [6.07, 6.45) is 5.81. The Balaban J connectivity index is 1.42. The summed E-state index contributed by atoms with van der Waals surface area (Å²) >= 11 is 0. The van der Waals surface area contributed by atoms with Crippen LogP contribution in [-0.2, 0) is 13.5 Å². The van der Waals surface area contributed by atoms with E-state index in [1.165, 1.54) is 47.3 Å². The molecule has 0 aliphatic heterocycles. The van der Waals surface area contributed by atoms with Gasteiger partial charge in [0.05, 0.1) is 17.6 Å². The van der Waals surface area contributed by atoms with Gasteiger partial charge in [-0.1, -0.05) is 18.2 Å². The van der Waals surface area contributed by atoms with Gasteiger partial charge in [-0.05, 0) is 49.7 Å². The van der Waals surface area contributed by atoms with Crippen molar-refractivity contribution in [2.45, 2.75) is 26.3 Å². The Morgan fingerprint density at radius 3 is 2.46 bits per heavy atom. The summed E-state index contributed by atoms with van der Waals surface area (Å²) in [4.78, 5) is 43.8. The van der Waals surface area contributed by atoms with Crippen LogP contribution in [0.2, 0.25) is 0 Å². The number of para-hydroxylation sites is 1. The van der Waals surface area contributed by atoms with Gasteiger partial charge in [-0.15, -0.1) is 0 Å². The summed E-state index contributed by atoms with van der Waals surface area (Å²) in [5.41, 5.74) is -0.660. The van der Waals surface area contributed by atoms with E-state index in [-0.39, 0.29) is 29.0 Å². The fourth-order valence-electron chi connectivity index (χ4n) is 4.31. The van der Waals surface area contributed by atoms with Crippen molar-refractivity contribution in [2.24, 2.45) is 7.05 Å². The van der Waals surface area contributed by atoms with Gasteiger partial charge in [-0.25, -0.2) is 18.1 Å². The monoisotopic (exact) mass is 557 g/mol. The van der Waals surface area contributed by atoms with Gasteiger partial charge in [-0.3, -0.25) is 23.8 Å². The van der Waals surface area contributed by atoms with Gasteiger partial charge in [0, 0.05) is 49.7 Å². The summed E-state index contributed by atoms with van der Waals surface area (Å²) in [6.45, 7) is 3.39. The van der Waals surface area contributed by atoms with Crippen molar-refractivity contribution in [3.05, 3.63) is 123 Å². The molecule has 9 nitrogen and oxygen atoms in total. The van der Waals surface area contributed by atoms with Gasteiger partial charge in [-0.2, -0.15) is 5.10 Å². The number of aromatic nitrogens is 5. The Morgan fingerprint density at radius 1 is 1.00 bits per heavy atom. The van der Waals surface area contributed by atoms with E-state index >= 15 is 4.39 Å². The number of benzene rings is 2. The van der Waals surface area contributed by atoms with Crippen molar-refractivity contribution in [3.63, 3.8) is 0 Å². The Labute approximate surface area is 232 Å². The number of nitrogens with zero attached hydrogens (tertiary/aromatic N) is 5. The molecule has 208 valence electrons. The van der Waals surface area contributed by atoms with Crippen LogP contribution >= 0.6 is 0 Å². The Bertz CT molecular complexity index is 1890. The first kappa shape index (κ1) is 27.4. The average Bonchev–Trinajstić information content (AvgIpc) is 3.37. The molecule has 0 unspecified atom stereocenters. The number of ether oxygens (including phenoxy) is 1. The zero-order chi connectivity index (χ0) is 29.3.